The molecular formula is C16H22N2O5. The lowest BCUT2D eigenvalue weighted by Crippen LogP contribution is -2.47. The Balaban J connectivity index is 2.24. The van der Waals surface area contributed by atoms with Gasteiger partial charge in [-0.1, -0.05) is 0 Å². The van der Waals surface area contributed by atoms with Crippen LogP contribution in [0.3, 0.4) is 0 Å². The first-order chi connectivity index (χ1) is 11.1. The maximum atomic E-state index is 12.4. The van der Waals surface area contributed by atoms with Crippen LogP contribution in [0.25, 0.3) is 0 Å². The molecule has 0 saturated carbocycles. The minimum Gasteiger partial charge on any atom is -0.497 e. The van der Waals surface area contributed by atoms with Gasteiger partial charge in [-0.05, 0) is 12.1 Å². The van der Waals surface area contributed by atoms with Gasteiger partial charge in [0.05, 0.1) is 33.1 Å². The Morgan fingerprint density at radius 3 is 2.48 bits per heavy atom. The summed E-state index contributed by atoms with van der Waals surface area (Å²) in [6.45, 7) is 3.51. The highest BCUT2D eigenvalue weighted by Gasteiger charge is 2.24. The van der Waals surface area contributed by atoms with Crippen LogP contribution in [0.5, 0.6) is 11.5 Å². The van der Waals surface area contributed by atoms with Gasteiger partial charge in [0.25, 0.3) is 0 Å². The largest absolute Gasteiger partial charge is 0.497 e. The van der Waals surface area contributed by atoms with Gasteiger partial charge in [-0.15, -0.1) is 0 Å². The fraction of sp³-hybridized carbons (Fsp3) is 0.500. The second-order valence-electron chi connectivity index (χ2n) is 5.14. The number of rotatable bonds is 5. The van der Waals surface area contributed by atoms with Gasteiger partial charge in [-0.25, -0.2) is 0 Å². The van der Waals surface area contributed by atoms with E-state index in [9.17, 15) is 9.59 Å². The van der Waals surface area contributed by atoms with Crippen LogP contribution in [0.1, 0.15) is 6.92 Å². The summed E-state index contributed by atoms with van der Waals surface area (Å²) >= 11 is 0. The van der Waals surface area contributed by atoms with Gasteiger partial charge >= 0.3 is 0 Å². The van der Waals surface area contributed by atoms with Crippen molar-refractivity contribution in [2.45, 2.75) is 6.92 Å². The predicted octanol–water partition coefficient (Wildman–Crippen LogP) is 0.915. The summed E-state index contributed by atoms with van der Waals surface area (Å²) in [5.74, 6) is 0.744. The number of nitrogens with zero attached hydrogens (tertiary/aromatic N) is 2. The molecule has 1 aliphatic heterocycles. The number of carbonyl (C=O) groups is 2. The number of ether oxygens (including phenoxy) is 3. The molecule has 1 aromatic rings. The van der Waals surface area contributed by atoms with Gasteiger partial charge in [0.15, 0.2) is 0 Å². The zero-order valence-electron chi connectivity index (χ0n) is 13.7. The molecule has 0 atom stereocenters. The Morgan fingerprint density at radius 1 is 1.22 bits per heavy atom. The smallest absolute Gasteiger partial charge is 0.242 e. The van der Waals surface area contributed by atoms with Crippen molar-refractivity contribution in [3.8, 4) is 11.5 Å². The summed E-state index contributed by atoms with van der Waals surface area (Å²) in [5, 5.41) is 0. The van der Waals surface area contributed by atoms with Crippen LogP contribution >= 0.6 is 0 Å². The molecule has 0 bridgehead atoms. The van der Waals surface area contributed by atoms with E-state index in [-0.39, 0.29) is 18.4 Å². The highest BCUT2D eigenvalue weighted by molar-refractivity contribution is 5.98. The van der Waals surface area contributed by atoms with E-state index in [2.05, 4.69) is 0 Å². The maximum Gasteiger partial charge on any atom is 0.242 e. The molecule has 1 saturated heterocycles. The van der Waals surface area contributed by atoms with E-state index in [0.29, 0.717) is 43.5 Å². The summed E-state index contributed by atoms with van der Waals surface area (Å²) in [6.07, 6.45) is 0. The molecule has 1 aromatic carbocycles. The highest BCUT2D eigenvalue weighted by Crippen LogP contribution is 2.32. The fourth-order valence-corrected chi connectivity index (χ4v) is 2.42. The van der Waals surface area contributed by atoms with Gasteiger partial charge in [0.2, 0.25) is 11.8 Å². The summed E-state index contributed by atoms with van der Waals surface area (Å²) in [4.78, 5) is 27.6. The van der Waals surface area contributed by atoms with Crippen LogP contribution in [0.15, 0.2) is 18.2 Å². The zero-order chi connectivity index (χ0) is 16.8. The van der Waals surface area contributed by atoms with Crippen molar-refractivity contribution < 1.29 is 23.8 Å². The molecule has 0 spiro atoms. The molecule has 1 aliphatic rings. The van der Waals surface area contributed by atoms with Crippen molar-refractivity contribution in [1.82, 2.24) is 4.90 Å². The van der Waals surface area contributed by atoms with E-state index in [0.717, 1.165) is 0 Å². The number of hydrogen-bond donors (Lipinski definition) is 0. The Hall–Kier alpha value is -2.28. The molecule has 126 valence electrons. The van der Waals surface area contributed by atoms with Crippen LogP contribution in [0, 0.1) is 0 Å². The molecule has 1 heterocycles. The number of anilines is 1. The van der Waals surface area contributed by atoms with Gasteiger partial charge in [-0.3, -0.25) is 14.5 Å². The third-order valence-electron chi connectivity index (χ3n) is 3.71. The Kier molecular flexibility index (Phi) is 5.81. The summed E-state index contributed by atoms with van der Waals surface area (Å²) in [5.41, 5.74) is 0.515. The average Bonchev–Trinajstić information content (AvgIpc) is 2.59. The van der Waals surface area contributed by atoms with E-state index < -0.39 is 0 Å². The van der Waals surface area contributed by atoms with Crippen molar-refractivity contribution in [1.29, 1.82) is 0 Å². The number of carbonyl (C=O) groups excluding carboxylic acids is 2. The molecule has 2 rings (SSSR count). The molecule has 7 nitrogen and oxygen atoms in total. The van der Waals surface area contributed by atoms with Crippen LogP contribution in [0.2, 0.25) is 0 Å². The second kappa shape index (κ2) is 7.82. The molecule has 0 radical (unpaired) electrons. The lowest BCUT2D eigenvalue weighted by molar-refractivity contribution is -0.134. The van der Waals surface area contributed by atoms with Crippen LogP contribution < -0.4 is 14.4 Å². The summed E-state index contributed by atoms with van der Waals surface area (Å²) < 4.78 is 15.8. The molecule has 0 N–H and O–H groups in total. The molecule has 1 fully saturated rings. The number of amides is 2. The highest BCUT2D eigenvalue weighted by atomic mass is 16.5. The quantitative estimate of drug-likeness (QED) is 0.806. The first kappa shape index (κ1) is 17.1. The van der Waals surface area contributed by atoms with E-state index in [4.69, 9.17) is 14.2 Å². The predicted molar refractivity (Wildman–Crippen MR) is 85.0 cm³/mol. The molecule has 2 amide bonds. The lowest BCUT2D eigenvalue weighted by Gasteiger charge is -2.30. The first-order valence-corrected chi connectivity index (χ1v) is 7.42. The second-order valence-corrected chi connectivity index (χ2v) is 5.14. The minimum absolute atomic E-state index is 0.0428. The average molecular weight is 322 g/mol. The van der Waals surface area contributed by atoms with Crippen molar-refractivity contribution in [3.63, 3.8) is 0 Å². The number of morpholine rings is 1. The molecule has 0 unspecified atom stereocenters. The normalized spacial score (nSPS) is 14.3. The molecule has 0 aliphatic carbocycles. The number of hydrogen-bond acceptors (Lipinski definition) is 5. The van der Waals surface area contributed by atoms with Crippen LogP contribution in [-0.2, 0) is 14.3 Å². The van der Waals surface area contributed by atoms with E-state index in [1.54, 1.807) is 30.2 Å². The third kappa shape index (κ3) is 4.13. The number of benzene rings is 1. The number of methoxy groups -OCH3 is 2. The van der Waals surface area contributed by atoms with Crippen molar-refractivity contribution >= 4 is 17.5 Å². The Morgan fingerprint density at radius 2 is 1.91 bits per heavy atom. The SMILES string of the molecule is COc1ccc(OC)c(N(CC(=O)N2CCOCC2)C(C)=O)c1. The topological polar surface area (TPSA) is 68.3 Å². The van der Waals surface area contributed by atoms with Crippen molar-refractivity contribution in [2.75, 3.05) is 52.0 Å². The third-order valence-corrected chi connectivity index (χ3v) is 3.71. The van der Waals surface area contributed by atoms with Gasteiger partial charge in [0.1, 0.15) is 18.0 Å². The van der Waals surface area contributed by atoms with Crippen molar-refractivity contribution in [2.24, 2.45) is 0 Å². The summed E-state index contributed by atoms with van der Waals surface area (Å²) in [6, 6.07) is 5.14. The van der Waals surface area contributed by atoms with Gasteiger partial charge in [0, 0.05) is 26.1 Å². The molecule has 7 heteroatoms. The molecule has 0 aromatic heterocycles. The minimum atomic E-state index is -0.238. The van der Waals surface area contributed by atoms with Crippen LogP contribution in [0.4, 0.5) is 5.69 Å². The Bertz CT molecular complexity index is 570. The van der Waals surface area contributed by atoms with E-state index in [1.807, 2.05) is 0 Å². The van der Waals surface area contributed by atoms with E-state index >= 15 is 0 Å². The molecular weight excluding hydrogens is 300 g/mol. The Labute approximate surface area is 135 Å². The zero-order valence-corrected chi connectivity index (χ0v) is 13.7. The monoisotopic (exact) mass is 322 g/mol. The van der Waals surface area contributed by atoms with Crippen LogP contribution in [-0.4, -0.2) is 63.8 Å². The molecule has 23 heavy (non-hydrogen) atoms. The van der Waals surface area contributed by atoms with E-state index in [1.165, 1.54) is 18.9 Å². The lowest BCUT2D eigenvalue weighted by atomic mass is 10.2. The van der Waals surface area contributed by atoms with Crippen molar-refractivity contribution in [3.05, 3.63) is 18.2 Å². The summed E-state index contributed by atoms with van der Waals surface area (Å²) in [7, 11) is 3.07. The maximum absolute atomic E-state index is 12.4. The van der Waals surface area contributed by atoms with Gasteiger partial charge < -0.3 is 19.1 Å². The standard InChI is InChI=1S/C16H22N2O5/c1-12(19)18(11-16(20)17-6-8-23-9-7-17)14-10-13(21-2)4-5-15(14)22-3/h4-5,10H,6-9,11H2,1-3H3. The first-order valence-electron chi connectivity index (χ1n) is 7.42. The van der Waals surface area contributed by atoms with Gasteiger partial charge in [-0.2, -0.15) is 0 Å². The fourth-order valence-electron chi connectivity index (χ4n) is 2.42.